The van der Waals surface area contributed by atoms with Crippen molar-refractivity contribution in [2.24, 2.45) is 0 Å². The van der Waals surface area contributed by atoms with Crippen LogP contribution in [0.4, 0.5) is 0 Å². The van der Waals surface area contributed by atoms with Gasteiger partial charge in [0.2, 0.25) is 0 Å². The lowest BCUT2D eigenvalue weighted by Gasteiger charge is -2.26. The molecule has 0 spiro atoms. The van der Waals surface area contributed by atoms with Gasteiger partial charge in [-0.2, -0.15) is 0 Å². The van der Waals surface area contributed by atoms with E-state index in [4.69, 9.17) is 4.74 Å². The van der Waals surface area contributed by atoms with Crippen molar-refractivity contribution in [3.8, 4) is 5.75 Å². The number of hydrogen-bond acceptors (Lipinski definition) is 3. The summed E-state index contributed by atoms with van der Waals surface area (Å²) in [7, 11) is 0. The molecule has 1 fully saturated rings. The van der Waals surface area contributed by atoms with E-state index in [2.05, 4.69) is 16.0 Å². The standard InChI is InChI=1S/C17H22N2O/c1-14-8-9-15-16(18-14)6-5-7-17(15)20-13-12-19-10-3-2-4-11-19/h5-9H,2-4,10-13H2,1H3. The van der Waals surface area contributed by atoms with Crippen molar-refractivity contribution in [1.82, 2.24) is 9.88 Å². The molecule has 1 aliphatic rings. The smallest absolute Gasteiger partial charge is 0.128 e. The number of piperidine rings is 1. The van der Waals surface area contributed by atoms with Crippen molar-refractivity contribution in [1.29, 1.82) is 0 Å². The summed E-state index contributed by atoms with van der Waals surface area (Å²) in [6.45, 7) is 6.24. The molecular weight excluding hydrogens is 248 g/mol. The van der Waals surface area contributed by atoms with Gasteiger partial charge in [-0.05, 0) is 57.1 Å². The van der Waals surface area contributed by atoms with Crippen LogP contribution in [-0.2, 0) is 0 Å². The quantitative estimate of drug-likeness (QED) is 0.851. The molecule has 106 valence electrons. The van der Waals surface area contributed by atoms with Crippen LogP contribution in [0.1, 0.15) is 25.0 Å². The van der Waals surface area contributed by atoms with Crippen molar-refractivity contribution in [3.63, 3.8) is 0 Å². The Morgan fingerprint density at radius 2 is 1.95 bits per heavy atom. The molecule has 1 saturated heterocycles. The van der Waals surface area contributed by atoms with Crippen molar-refractivity contribution >= 4 is 10.9 Å². The third-order valence-corrected chi connectivity index (χ3v) is 3.94. The van der Waals surface area contributed by atoms with Crippen molar-refractivity contribution in [2.75, 3.05) is 26.2 Å². The molecule has 1 aromatic carbocycles. The van der Waals surface area contributed by atoms with Gasteiger partial charge in [0, 0.05) is 17.6 Å². The molecule has 3 nitrogen and oxygen atoms in total. The maximum Gasteiger partial charge on any atom is 0.128 e. The first-order chi connectivity index (χ1) is 9.83. The first kappa shape index (κ1) is 13.4. The lowest BCUT2D eigenvalue weighted by Crippen LogP contribution is -2.33. The molecule has 0 amide bonds. The van der Waals surface area contributed by atoms with Crippen LogP contribution in [-0.4, -0.2) is 36.1 Å². The summed E-state index contributed by atoms with van der Waals surface area (Å²) in [6.07, 6.45) is 4.04. The number of aryl methyl sites for hydroxylation is 1. The van der Waals surface area contributed by atoms with Gasteiger partial charge in [-0.25, -0.2) is 0 Å². The maximum atomic E-state index is 5.98. The summed E-state index contributed by atoms with van der Waals surface area (Å²) in [5, 5.41) is 1.11. The number of aromatic nitrogens is 1. The highest BCUT2D eigenvalue weighted by Gasteiger charge is 2.10. The van der Waals surface area contributed by atoms with E-state index in [9.17, 15) is 0 Å². The number of fused-ring (bicyclic) bond motifs is 1. The van der Waals surface area contributed by atoms with Gasteiger partial charge >= 0.3 is 0 Å². The number of rotatable bonds is 4. The summed E-state index contributed by atoms with van der Waals surface area (Å²) in [5.74, 6) is 0.951. The van der Waals surface area contributed by atoms with E-state index in [1.165, 1.54) is 32.4 Å². The lowest BCUT2D eigenvalue weighted by molar-refractivity contribution is 0.184. The van der Waals surface area contributed by atoms with Gasteiger partial charge in [0.05, 0.1) is 5.52 Å². The fraction of sp³-hybridized carbons (Fsp3) is 0.471. The summed E-state index contributed by atoms with van der Waals surface area (Å²) < 4.78 is 5.98. The number of likely N-dealkylation sites (tertiary alicyclic amines) is 1. The minimum Gasteiger partial charge on any atom is -0.492 e. The van der Waals surface area contributed by atoms with Crippen molar-refractivity contribution < 1.29 is 4.74 Å². The van der Waals surface area contributed by atoms with Crippen LogP contribution < -0.4 is 4.74 Å². The Balaban J connectivity index is 1.65. The van der Waals surface area contributed by atoms with Crippen LogP contribution in [0.3, 0.4) is 0 Å². The molecule has 2 aromatic rings. The summed E-state index contributed by atoms with van der Waals surface area (Å²) in [4.78, 5) is 7.04. The molecule has 3 heteroatoms. The van der Waals surface area contributed by atoms with E-state index in [0.29, 0.717) is 0 Å². The predicted octanol–water partition coefficient (Wildman–Crippen LogP) is 3.41. The molecule has 0 unspecified atom stereocenters. The van der Waals surface area contributed by atoms with Crippen LogP contribution in [0, 0.1) is 6.92 Å². The Morgan fingerprint density at radius 1 is 1.10 bits per heavy atom. The van der Waals surface area contributed by atoms with Gasteiger partial charge in [-0.1, -0.05) is 12.5 Å². The van der Waals surface area contributed by atoms with E-state index in [0.717, 1.165) is 35.5 Å². The lowest BCUT2D eigenvalue weighted by atomic mass is 10.1. The molecule has 1 aliphatic heterocycles. The largest absolute Gasteiger partial charge is 0.492 e. The minimum absolute atomic E-state index is 0.757. The first-order valence-electron chi connectivity index (χ1n) is 7.54. The third-order valence-electron chi connectivity index (χ3n) is 3.94. The molecule has 0 radical (unpaired) electrons. The van der Waals surface area contributed by atoms with Gasteiger partial charge in [-0.3, -0.25) is 9.88 Å². The summed E-state index contributed by atoms with van der Waals surface area (Å²) in [5.41, 5.74) is 2.06. The van der Waals surface area contributed by atoms with Gasteiger partial charge in [0.25, 0.3) is 0 Å². The van der Waals surface area contributed by atoms with Gasteiger partial charge in [-0.15, -0.1) is 0 Å². The molecule has 1 aromatic heterocycles. The third kappa shape index (κ3) is 3.10. The van der Waals surface area contributed by atoms with E-state index in [1.807, 2.05) is 31.2 Å². The minimum atomic E-state index is 0.757. The van der Waals surface area contributed by atoms with Crippen molar-refractivity contribution in [3.05, 3.63) is 36.0 Å². The second kappa shape index (κ2) is 6.23. The van der Waals surface area contributed by atoms with Crippen LogP contribution in [0.25, 0.3) is 10.9 Å². The normalized spacial score (nSPS) is 16.4. The van der Waals surface area contributed by atoms with Gasteiger partial charge < -0.3 is 4.74 Å². The summed E-state index contributed by atoms with van der Waals surface area (Å²) in [6, 6.07) is 10.2. The fourth-order valence-corrected chi connectivity index (χ4v) is 2.82. The second-order valence-corrected chi connectivity index (χ2v) is 5.53. The molecule has 0 atom stereocenters. The van der Waals surface area contributed by atoms with Crippen LogP contribution in [0.15, 0.2) is 30.3 Å². The number of benzene rings is 1. The molecular formula is C17H22N2O. The number of ether oxygens (including phenoxy) is 1. The van der Waals surface area contributed by atoms with Gasteiger partial charge in [0.15, 0.2) is 0 Å². The van der Waals surface area contributed by atoms with Crippen molar-refractivity contribution in [2.45, 2.75) is 26.2 Å². The van der Waals surface area contributed by atoms with Crippen LogP contribution in [0.5, 0.6) is 5.75 Å². The zero-order valence-electron chi connectivity index (χ0n) is 12.1. The zero-order valence-corrected chi connectivity index (χ0v) is 12.1. The van der Waals surface area contributed by atoms with Crippen LogP contribution >= 0.6 is 0 Å². The molecule has 20 heavy (non-hydrogen) atoms. The molecule has 0 N–H and O–H groups in total. The number of pyridine rings is 1. The van der Waals surface area contributed by atoms with E-state index < -0.39 is 0 Å². The number of hydrogen-bond donors (Lipinski definition) is 0. The topological polar surface area (TPSA) is 25.4 Å². The Bertz CT molecular complexity index is 576. The highest BCUT2D eigenvalue weighted by atomic mass is 16.5. The number of nitrogens with zero attached hydrogens (tertiary/aromatic N) is 2. The highest BCUT2D eigenvalue weighted by Crippen LogP contribution is 2.24. The molecule has 2 heterocycles. The van der Waals surface area contributed by atoms with E-state index in [-0.39, 0.29) is 0 Å². The fourth-order valence-electron chi connectivity index (χ4n) is 2.82. The monoisotopic (exact) mass is 270 g/mol. The Morgan fingerprint density at radius 3 is 2.80 bits per heavy atom. The predicted molar refractivity (Wildman–Crippen MR) is 82.3 cm³/mol. The van der Waals surface area contributed by atoms with E-state index in [1.54, 1.807) is 0 Å². The first-order valence-corrected chi connectivity index (χ1v) is 7.54. The average molecular weight is 270 g/mol. The molecule has 3 rings (SSSR count). The Hall–Kier alpha value is -1.61. The molecule has 0 aliphatic carbocycles. The molecule has 0 bridgehead atoms. The Labute approximate surface area is 120 Å². The van der Waals surface area contributed by atoms with Crippen LogP contribution in [0.2, 0.25) is 0 Å². The Kier molecular flexibility index (Phi) is 4.16. The maximum absolute atomic E-state index is 5.98. The second-order valence-electron chi connectivity index (χ2n) is 5.53. The highest BCUT2D eigenvalue weighted by molar-refractivity contribution is 5.85. The van der Waals surface area contributed by atoms with Gasteiger partial charge in [0.1, 0.15) is 12.4 Å². The zero-order chi connectivity index (χ0) is 13.8. The SMILES string of the molecule is Cc1ccc2c(OCCN3CCCCC3)cccc2n1. The summed E-state index contributed by atoms with van der Waals surface area (Å²) >= 11 is 0. The van der Waals surface area contributed by atoms with E-state index >= 15 is 0 Å². The molecule has 0 saturated carbocycles. The average Bonchev–Trinajstić information content (AvgIpc) is 2.48.